The van der Waals surface area contributed by atoms with E-state index in [1.165, 1.54) is 22.0 Å². The summed E-state index contributed by atoms with van der Waals surface area (Å²) in [4.78, 5) is 10.4. The van der Waals surface area contributed by atoms with E-state index in [-0.39, 0.29) is 0 Å². The van der Waals surface area contributed by atoms with Crippen molar-refractivity contribution in [1.29, 1.82) is 0 Å². The third-order valence-corrected chi connectivity index (χ3v) is 5.19. The van der Waals surface area contributed by atoms with Crippen LogP contribution in [0.3, 0.4) is 0 Å². The Morgan fingerprint density at radius 2 is 1.96 bits per heavy atom. The first kappa shape index (κ1) is 16.8. The highest BCUT2D eigenvalue weighted by atomic mass is 15.2. The van der Waals surface area contributed by atoms with Crippen molar-refractivity contribution in [3.8, 4) is 0 Å². The van der Waals surface area contributed by atoms with Crippen LogP contribution in [-0.2, 0) is 13.1 Å². The van der Waals surface area contributed by atoms with E-state index in [1.54, 1.807) is 0 Å². The second kappa shape index (κ2) is 7.37. The minimum atomic E-state index is 0.865. The molecule has 3 heterocycles. The second-order valence-electron chi connectivity index (χ2n) is 7.25. The molecule has 5 heteroatoms. The molecule has 1 aliphatic heterocycles. The summed E-state index contributed by atoms with van der Waals surface area (Å²) in [5.41, 5.74) is 5.97. The maximum atomic E-state index is 4.62. The maximum Gasteiger partial charge on any atom is 0.132 e. The minimum absolute atomic E-state index is 0.865. The van der Waals surface area contributed by atoms with Gasteiger partial charge in [0.2, 0.25) is 0 Å². The molecule has 0 amide bonds. The van der Waals surface area contributed by atoms with E-state index in [9.17, 15) is 0 Å². The van der Waals surface area contributed by atoms with Gasteiger partial charge in [-0.3, -0.25) is 4.90 Å². The fourth-order valence-electron chi connectivity index (χ4n) is 3.77. The van der Waals surface area contributed by atoms with Crippen molar-refractivity contribution in [3.63, 3.8) is 0 Å². The Kier molecular flexibility index (Phi) is 4.43. The summed E-state index contributed by atoms with van der Waals surface area (Å²) >= 11 is 0. The molecule has 0 spiro atoms. The monoisotopic (exact) mass is 369 g/mol. The zero-order valence-electron chi connectivity index (χ0n) is 15.7. The third-order valence-electron chi connectivity index (χ3n) is 5.19. The van der Waals surface area contributed by atoms with Crippen LogP contribution in [-0.4, -0.2) is 28.0 Å². The van der Waals surface area contributed by atoms with Crippen molar-refractivity contribution in [2.75, 3.05) is 23.7 Å². The standard InChI is InChI=1S/C23H23N5/c1-2-4-20(5-3-1)27-23-13-22-19(14-26-23)16-28(11-10-25-22)15-17-6-7-21-18(12-17)8-9-24-21/h1-9,12-14,24-25H,10-11,15-16H2,(H,26,27). The zero-order valence-corrected chi connectivity index (χ0v) is 15.7. The summed E-state index contributed by atoms with van der Waals surface area (Å²) < 4.78 is 0. The van der Waals surface area contributed by atoms with E-state index in [0.29, 0.717) is 0 Å². The number of aromatic amines is 1. The van der Waals surface area contributed by atoms with E-state index in [4.69, 9.17) is 0 Å². The smallest absolute Gasteiger partial charge is 0.132 e. The summed E-state index contributed by atoms with van der Waals surface area (Å²) in [6.45, 7) is 3.76. The Bertz CT molecular complexity index is 1090. The molecule has 5 nitrogen and oxygen atoms in total. The summed E-state index contributed by atoms with van der Waals surface area (Å²) in [5, 5.41) is 8.21. The van der Waals surface area contributed by atoms with Gasteiger partial charge >= 0.3 is 0 Å². The topological polar surface area (TPSA) is 56.0 Å². The normalized spacial score (nSPS) is 14.3. The summed E-state index contributed by atoms with van der Waals surface area (Å²) in [5.74, 6) is 0.865. The molecule has 0 bridgehead atoms. The summed E-state index contributed by atoms with van der Waals surface area (Å²) in [6, 6.07) is 21.0. The van der Waals surface area contributed by atoms with Gasteiger partial charge in [0.05, 0.1) is 0 Å². The van der Waals surface area contributed by atoms with Crippen molar-refractivity contribution in [2.24, 2.45) is 0 Å². The van der Waals surface area contributed by atoms with Gasteiger partial charge in [-0.2, -0.15) is 0 Å². The van der Waals surface area contributed by atoms with Crippen molar-refractivity contribution in [2.45, 2.75) is 13.1 Å². The zero-order chi connectivity index (χ0) is 18.8. The number of hydrogen-bond donors (Lipinski definition) is 3. The number of hydrogen-bond acceptors (Lipinski definition) is 4. The molecule has 0 unspecified atom stereocenters. The lowest BCUT2D eigenvalue weighted by molar-refractivity contribution is 0.272. The van der Waals surface area contributed by atoms with E-state index in [2.05, 4.69) is 55.8 Å². The number of rotatable bonds is 4. The van der Waals surface area contributed by atoms with Gasteiger partial charge in [-0.05, 0) is 41.3 Å². The van der Waals surface area contributed by atoms with Gasteiger partial charge in [0.1, 0.15) is 5.82 Å². The van der Waals surface area contributed by atoms with E-state index in [1.807, 2.05) is 42.7 Å². The van der Waals surface area contributed by atoms with Crippen LogP contribution < -0.4 is 10.6 Å². The number of aromatic nitrogens is 2. The van der Waals surface area contributed by atoms with Gasteiger partial charge < -0.3 is 15.6 Å². The number of H-pyrrole nitrogens is 1. The van der Waals surface area contributed by atoms with Gasteiger partial charge in [0.15, 0.2) is 0 Å². The number of pyridine rings is 1. The molecular formula is C23H23N5. The number of nitrogens with zero attached hydrogens (tertiary/aromatic N) is 2. The van der Waals surface area contributed by atoms with Gasteiger partial charge in [0, 0.05) is 67.1 Å². The molecule has 0 atom stereocenters. The number of nitrogens with one attached hydrogen (secondary N) is 3. The molecule has 0 saturated heterocycles. The molecule has 0 radical (unpaired) electrons. The van der Waals surface area contributed by atoms with Crippen LogP contribution in [0.4, 0.5) is 17.2 Å². The van der Waals surface area contributed by atoms with Crippen LogP contribution in [0.2, 0.25) is 0 Å². The molecule has 2 aromatic heterocycles. The molecule has 0 saturated carbocycles. The van der Waals surface area contributed by atoms with Crippen molar-refractivity contribution >= 4 is 28.1 Å². The molecule has 4 aromatic rings. The summed E-state index contributed by atoms with van der Waals surface area (Å²) in [7, 11) is 0. The molecule has 5 rings (SSSR count). The van der Waals surface area contributed by atoms with Crippen LogP contribution >= 0.6 is 0 Å². The molecule has 0 fully saturated rings. The van der Waals surface area contributed by atoms with Crippen LogP contribution in [0.15, 0.2) is 73.1 Å². The molecular weight excluding hydrogens is 346 g/mol. The number of benzene rings is 2. The Balaban J connectivity index is 1.32. The SMILES string of the molecule is c1ccc(Nc2cc3c(cn2)CN(Cc2ccc4[nH]ccc4c2)CCN3)cc1. The van der Waals surface area contributed by atoms with Crippen LogP contribution in [0, 0.1) is 0 Å². The third kappa shape index (κ3) is 3.57. The number of fused-ring (bicyclic) bond motifs is 2. The Hall–Kier alpha value is -3.31. The predicted octanol–water partition coefficient (Wildman–Crippen LogP) is 4.73. The highest BCUT2D eigenvalue weighted by Gasteiger charge is 2.15. The quantitative estimate of drug-likeness (QED) is 0.487. The molecule has 0 aliphatic carbocycles. The highest BCUT2D eigenvalue weighted by molar-refractivity contribution is 5.79. The van der Waals surface area contributed by atoms with Gasteiger partial charge in [-0.1, -0.05) is 24.3 Å². The van der Waals surface area contributed by atoms with Gasteiger partial charge in [-0.25, -0.2) is 4.98 Å². The maximum absolute atomic E-state index is 4.62. The minimum Gasteiger partial charge on any atom is -0.383 e. The van der Waals surface area contributed by atoms with E-state index < -0.39 is 0 Å². The molecule has 3 N–H and O–H groups in total. The fourth-order valence-corrected chi connectivity index (χ4v) is 3.77. The number of anilines is 3. The van der Waals surface area contributed by atoms with Crippen LogP contribution in [0.5, 0.6) is 0 Å². The summed E-state index contributed by atoms with van der Waals surface area (Å²) in [6.07, 6.45) is 3.98. The van der Waals surface area contributed by atoms with E-state index in [0.717, 1.165) is 43.4 Å². The van der Waals surface area contributed by atoms with Gasteiger partial charge in [0.25, 0.3) is 0 Å². The highest BCUT2D eigenvalue weighted by Crippen LogP contribution is 2.25. The second-order valence-corrected chi connectivity index (χ2v) is 7.25. The Morgan fingerprint density at radius 3 is 2.89 bits per heavy atom. The molecule has 140 valence electrons. The van der Waals surface area contributed by atoms with Crippen molar-refractivity contribution in [1.82, 2.24) is 14.9 Å². The first-order valence-corrected chi connectivity index (χ1v) is 9.67. The first-order valence-electron chi connectivity index (χ1n) is 9.67. The molecule has 28 heavy (non-hydrogen) atoms. The average molecular weight is 369 g/mol. The molecule has 2 aromatic carbocycles. The molecule has 1 aliphatic rings. The predicted molar refractivity (Wildman–Crippen MR) is 115 cm³/mol. The van der Waals surface area contributed by atoms with Crippen molar-refractivity contribution in [3.05, 3.63) is 84.2 Å². The van der Waals surface area contributed by atoms with Crippen molar-refractivity contribution < 1.29 is 0 Å². The van der Waals surface area contributed by atoms with E-state index >= 15 is 0 Å². The van der Waals surface area contributed by atoms with Crippen LogP contribution in [0.1, 0.15) is 11.1 Å². The average Bonchev–Trinajstić information content (AvgIpc) is 3.09. The fraction of sp³-hybridized carbons (Fsp3) is 0.174. The Morgan fingerprint density at radius 1 is 1.04 bits per heavy atom. The lowest BCUT2D eigenvalue weighted by atomic mass is 10.1. The Labute approximate surface area is 164 Å². The van der Waals surface area contributed by atoms with Crippen LogP contribution in [0.25, 0.3) is 10.9 Å². The largest absolute Gasteiger partial charge is 0.383 e. The lowest BCUT2D eigenvalue weighted by Crippen LogP contribution is -2.25. The first-order chi connectivity index (χ1) is 13.8. The lowest BCUT2D eigenvalue weighted by Gasteiger charge is -2.20. The number of para-hydroxylation sites is 1. The van der Waals surface area contributed by atoms with Gasteiger partial charge in [-0.15, -0.1) is 0 Å².